The molecule has 0 fully saturated rings. The van der Waals surface area contributed by atoms with Gasteiger partial charge in [-0.25, -0.2) is 4.79 Å². The Morgan fingerprint density at radius 2 is 1.45 bits per heavy atom. The number of rotatable bonds is 5. The van der Waals surface area contributed by atoms with Gasteiger partial charge in [-0.05, 0) is 42.5 Å². The summed E-state index contributed by atoms with van der Waals surface area (Å²) in [7, 11) is 4.29. The van der Waals surface area contributed by atoms with Crippen LogP contribution in [0.15, 0.2) is 42.5 Å². The molecule has 0 atom stereocenters. The van der Waals surface area contributed by atoms with Crippen LogP contribution in [-0.4, -0.2) is 33.1 Å². The average Bonchev–Trinajstić information content (AvgIpc) is 2.59. The summed E-state index contributed by atoms with van der Waals surface area (Å²) >= 11 is 0. The van der Waals surface area contributed by atoms with Gasteiger partial charge in [0, 0.05) is 11.1 Å². The first-order valence-corrected chi connectivity index (χ1v) is 6.55. The van der Waals surface area contributed by atoms with Gasteiger partial charge in [-0.3, -0.25) is 4.79 Å². The Morgan fingerprint density at radius 1 is 0.818 bits per heavy atom. The summed E-state index contributed by atoms with van der Waals surface area (Å²) in [5.74, 6) is 0.274. The van der Waals surface area contributed by atoms with Gasteiger partial charge in [-0.15, -0.1) is 0 Å². The molecular formula is C17H16O5. The molecule has 5 nitrogen and oxygen atoms in total. The first-order valence-electron chi connectivity index (χ1n) is 6.55. The van der Waals surface area contributed by atoms with E-state index >= 15 is 0 Å². The molecule has 2 aromatic carbocycles. The maximum atomic E-state index is 12.5. The first kappa shape index (κ1) is 15.6. The summed E-state index contributed by atoms with van der Waals surface area (Å²) < 4.78 is 14.9. The van der Waals surface area contributed by atoms with Gasteiger partial charge in [0.2, 0.25) is 0 Å². The Morgan fingerprint density at radius 3 is 2.00 bits per heavy atom. The molecule has 0 saturated heterocycles. The number of carbonyl (C=O) groups is 2. The Bertz CT molecular complexity index is 689. The van der Waals surface area contributed by atoms with Crippen molar-refractivity contribution in [3.05, 3.63) is 59.2 Å². The highest BCUT2D eigenvalue weighted by Gasteiger charge is 2.17. The molecule has 0 N–H and O–H groups in total. The zero-order chi connectivity index (χ0) is 16.1. The predicted octanol–water partition coefficient (Wildman–Crippen LogP) is 2.72. The molecule has 0 spiro atoms. The molecule has 0 radical (unpaired) electrons. The van der Waals surface area contributed by atoms with E-state index in [1.54, 1.807) is 43.5 Å². The summed E-state index contributed by atoms with van der Waals surface area (Å²) in [5, 5.41) is 0. The SMILES string of the molecule is COC(=O)c1cc(C(=O)c2ccc(OC)cc2)ccc1OC. The quantitative estimate of drug-likeness (QED) is 0.627. The third-order valence-corrected chi connectivity index (χ3v) is 3.22. The van der Waals surface area contributed by atoms with E-state index in [-0.39, 0.29) is 11.3 Å². The number of ether oxygens (including phenoxy) is 3. The molecule has 22 heavy (non-hydrogen) atoms. The molecular weight excluding hydrogens is 284 g/mol. The summed E-state index contributed by atoms with van der Waals surface area (Å²) in [6, 6.07) is 11.4. The maximum Gasteiger partial charge on any atom is 0.341 e. The molecule has 114 valence electrons. The molecule has 0 unspecified atom stereocenters. The molecule has 2 aromatic rings. The van der Waals surface area contributed by atoms with Crippen LogP contribution in [0.2, 0.25) is 0 Å². The topological polar surface area (TPSA) is 61.8 Å². The largest absolute Gasteiger partial charge is 0.497 e. The van der Waals surface area contributed by atoms with Gasteiger partial charge in [0.05, 0.1) is 21.3 Å². The standard InChI is InChI=1S/C17H16O5/c1-20-13-7-4-11(5-8-13)16(18)12-6-9-15(21-2)14(10-12)17(19)22-3/h4-10H,1-3H3. The molecule has 0 saturated carbocycles. The second kappa shape index (κ2) is 6.76. The second-order valence-electron chi connectivity index (χ2n) is 4.46. The Hall–Kier alpha value is -2.82. The van der Waals surface area contributed by atoms with Crippen LogP contribution in [0.25, 0.3) is 0 Å². The van der Waals surface area contributed by atoms with Crippen LogP contribution in [0.5, 0.6) is 11.5 Å². The summed E-state index contributed by atoms with van der Waals surface area (Å²) in [5.41, 5.74) is 1.09. The van der Waals surface area contributed by atoms with Crippen LogP contribution in [0, 0.1) is 0 Å². The number of carbonyl (C=O) groups excluding carboxylic acids is 2. The number of hydrogen-bond donors (Lipinski definition) is 0. The molecule has 0 aliphatic heterocycles. The minimum absolute atomic E-state index is 0.199. The van der Waals surface area contributed by atoms with E-state index in [0.717, 1.165) is 0 Å². The van der Waals surface area contributed by atoms with E-state index in [2.05, 4.69) is 0 Å². The van der Waals surface area contributed by atoms with Gasteiger partial charge in [-0.1, -0.05) is 0 Å². The van der Waals surface area contributed by atoms with Gasteiger partial charge in [0.1, 0.15) is 17.1 Å². The van der Waals surface area contributed by atoms with E-state index in [1.807, 2.05) is 0 Å². The molecule has 2 rings (SSSR count). The zero-order valence-electron chi connectivity index (χ0n) is 12.6. The minimum atomic E-state index is -0.554. The minimum Gasteiger partial charge on any atom is -0.497 e. The van der Waals surface area contributed by atoms with E-state index in [1.165, 1.54) is 20.3 Å². The van der Waals surface area contributed by atoms with Crippen LogP contribution >= 0.6 is 0 Å². The smallest absolute Gasteiger partial charge is 0.341 e. The molecule has 5 heteroatoms. The maximum absolute atomic E-state index is 12.5. The molecule has 0 aromatic heterocycles. The van der Waals surface area contributed by atoms with Crippen LogP contribution in [-0.2, 0) is 4.74 Å². The summed E-state index contributed by atoms with van der Waals surface area (Å²) in [6.45, 7) is 0. The number of esters is 1. The lowest BCUT2D eigenvalue weighted by Crippen LogP contribution is -2.08. The Kier molecular flexibility index (Phi) is 4.78. The summed E-state index contributed by atoms with van der Waals surface area (Å²) in [6.07, 6.45) is 0. The van der Waals surface area contributed by atoms with Crippen molar-refractivity contribution < 1.29 is 23.8 Å². The van der Waals surface area contributed by atoms with Crippen molar-refractivity contribution in [1.29, 1.82) is 0 Å². The van der Waals surface area contributed by atoms with Crippen LogP contribution in [0.4, 0.5) is 0 Å². The fourth-order valence-corrected chi connectivity index (χ4v) is 2.03. The van der Waals surface area contributed by atoms with Gasteiger partial charge in [-0.2, -0.15) is 0 Å². The molecule has 0 amide bonds. The average molecular weight is 300 g/mol. The van der Waals surface area contributed by atoms with Crippen molar-refractivity contribution in [3.63, 3.8) is 0 Å². The highest BCUT2D eigenvalue weighted by molar-refractivity contribution is 6.10. The highest BCUT2D eigenvalue weighted by Crippen LogP contribution is 2.23. The van der Waals surface area contributed by atoms with Gasteiger partial charge in [0.15, 0.2) is 5.78 Å². The Labute approximate surface area is 128 Å². The summed E-state index contributed by atoms with van der Waals surface area (Å²) in [4.78, 5) is 24.2. The fraction of sp³-hybridized carbons (Fsp3) is 0.176. The van der Waals surface area contributed by atoms with Crippen molar-refractivity contribution in [2.45, 2.75) is 0 Å². The van der Waals surface area contributed by atoms with E-state index in [0.29, 0.717) is 22.6 Å². The number of benzene rings is 2. The monoisotopic (exact) mass is 300 g/mol. The third-order valence-electron chi connectivity index (χ3n) is 3.22. The van der Waals surface area contributed by atoms with Gasteiger partial charge >= 0.3 is 5.97 Å². The van der Waals surface area contributed by atoms with Crippen molar-refractivity contribution in [3.8, 4) is 11.5 Å². The second-order valence-corrected chi connectivity index (χ2v) is 4.46. The van der Waals surface area contributed by atoms with Crippen LogP contribution in [0.1, 0.15) is 26.3 Å². The normalized spacial score (nSPS) is 9.95. The fourth-order valence-electron chi connectivity index (χ4n) is 2.03. The van der Waals surface area contributed by atoms with Crippen LogP contribution in [0.3, 0.4) is 0 Å². The lowest BCUT2D eigenvalue weighted by molar-refractivity contribution is 0.0597. The number of methoxy groups -OCH3 is 3. The van der Waals surface area contributed by atoms with E-state index < -0.39 is 5.97 Å². The van der Waals surface area contributed by atoms with E-state index in [4.69, 9.17) is 14.2 Å². The lowest BCUT2D eigenvalue weighted by atomic mass is 10.0. The Balaban J connectivity index is 2.38. The van der Waals surface area contributed by atoms with Gasteiger partial charge in [0.25, 0.3) is 0 Å². The predicted molar refractivity (Wildman–Crippen MR) is 80.8 cm³/mol. The van der Waals surface area contributed by atoms with Crippen molar-refractivity contribution in [2.24, 2.45) is 0 Å². The van der Waals surface area contributed by atoms with E-state index in [9.17, 15) is 9.59 Å². The van der Waals surface area contributed by atoms with Crippen molar-refractivity contribution in [1.82, 2.24) is 0 Å². The zero-order valence-corrected chi connectivity index (χ0v) is 12.6. The number of hydrogen-bond acceptors (Lipinski definition) is 5. The number of ketones is 1. The molecule has 0 heterocycles. The third kappa shape index (κ3) is 3.09. The van der Waals surface area contributed by atoms with Crippen molar-refractivity contribution >= 4 is 11.8 Å². The van der Waals surface area contributed by atoms with Crippen LogP contribution < -0.4 is 9.47 Å². The lowest BCUT2D eigenvalue weighted by Gasteiger charge is -2.09. The molecule has 0 aliphatic carbocycles. The first-order chi connectivity index (χ1) is 10.6. The molecule has 0 bridgehead atoms. The van der Waals surface area contributed by atoms with Gasteiger partial charge < -0.3 is 14.2 Å². The van der Waals surface area contributed by atoms with Crippen molar-refractivity contribution in [2.75, 3.05) is 21.3 Å². The molecule has 0 aliphatic rings. The highest BCUT2D eigenvalue weighted by atomic mass is 16.5.